The lowest BCUT2D eigenvalue weighted by molar-refractivity contribution is 0.147. The lowest BCUT2D eigenvalue weighted by Crippen LogP contribution is -2.47. The summed E-state index contributed by atoms with van der Waals surface area (Å²) in [7, 11) is -2.77. The summed E-state index contributed by atoms with van der Waals surface area (Å²) in [5.41, 5.74) is 3.22. The molecule has 0 aromatic carbocycles. The van der Waals surface area contributed by atoms with Crippen LogP contribution in [0.25, 0.3) is 0 Å². The van der Waals surface area contributed by atoms with Gasteiger partial charge in [-0.25, -0.2) is 18.4 Å². The number of anilines is 1. The Kier molecular flexibility index (Phi) is 5.11. The molecule has 0 unspecified atom stereocenters. The summed E-state index contributed by atoms with van der Waals surface area (Å²) in [6.07, 6.45) is 3.69. The number of nitrogens with one attached hydrogen (secondary N) is 1. The molecule has 1 N–H and O–H groups in total. The van der Waals surface area contributed by atoms with Crippen LogP contribution in [-0.2, 0) is 9.84 Å². The van der Waals surface area contributed by atoms with Gasteiger partial charge in [0.1, 0.15) is 9.84 Å². The molecule has 1 aromatic heterocycles. The van der Waals surface area contributed by atoms with Crippen molar-refractivity contribution >= 4 is 15.8 Å². The van der Waals surface area contributed by atoms with Crippen LogP contribution in [0.1, 0.15) is 42.6 Å². The predicted molar refractivity (Wildman–Crippen MR) is 96.1 cm³/mol. The Morgan fingerprint density at radius 1 is 0.958 bits per heavy atom. The van der Waals surface area contributed by atoms with Gasteiger partial charge in [-0.2, -0.15) is 0 Å². The Hall–Kier alpha value is -1.21. The van der Waals surface area contributed by atoms with E-state index in [-0.39, 0.29) is 0 Å². The molecule has 24 heavy (non-hydrogen) atoms. The van der Waals surface area contributed by atoms with Crippen LogP contribution in [0.15, 0.2) is 0 Å². The van der Waals surface area contributed by atoms with Crippen molar-refractivity contribution < 1.29 is 8.42 Å². The van der Waals surface area contributed by atoms with Crippen LogP contribution in [-0.4, -0.2) is 60.0 Å². The van der Waals surface area contributed by atoms with Crippen molar-refractivity contribution in [2.45, 2.75) is 58.5 Å². The number of piperidine rings is 1. The second-order valence-corrected chi connectivity index (χ2v) is 9.48. The first-order valence-corrected chi connectivity index (χ1v) is 10.7. The number of hydrogen-bond donors (Lipinski definition) is 1. The Labute approximate surface area is 145 Å². The zero-order chi connectivity index (χ0) is 17.3. The van der Waals surface area contributed by atoms with E-state index in [1.807, 2.05) is 13.8 Å². The maximum atomic E-state index is 11.6. The van der Waals surface area contributed by atoms with Crippen molar-refractivity contribution in [2.24, 2.45) is 0 Å². The molecule has 3 rings (SSSR count). The third kappa shape index (κ3) is 4.06. The molecule has 0 radical (unpaired) electrons. The van der Waals surface area contributed by atoms with E-state index in [4.69, 9.17) is 0 Å². The molecule has 0 amide bonds. The van der Waals surface area contributed by atoms with Crippen LogP contribution in [0, 0.1) is 20.8 Å². The summed E-state index contributed by atoms with van der Waals surface area (Å²) < 4.78 is 23.1. The lowest BCUT2D eigenvalue weighted by Gasteiger charge is -2.39. The van der Waals surface area contributed by atoms with Gasteiger partial charge in [0, 0.05) is 36.6 Å². The van der Waals surface area contributed by atoms with E-state index in [1.165, 1.54) is 0 Å². The standard InChI is InChI=1S/C17H28N4O2S/c1-12-13(2)18-17(19-14(12)3)20-15-4-8-21(9-5-15)16-6-10-24(22,23)11-7-16/h15-16H,4-11H2,1-3H3,(H,18,19,20). The summed E-state index contributed by atoms with van der Waals surface area (Å²) in [5.74, 6) is 1.44. The highest BCUT2D eigenvalue weighted by atomic mass is 32.2. The molecule has 7 heteroatoms. The Balaban J connectivity index is 1.52. The number of aryl methyl sites for hydroxylation is 2. The monoisotopic (exact) mass is 352 g/mol. The van der Waals surface area contributed by atoms with Crippen molar-refractivity contribution in [1.29, 1.82) is 0 Å². The van der Waals surface area contributed by atoms with Gasteiger partial charge in [0.2, 0.25) is 5.95 Å². The number of aromatic nitrogens is 2. The highest BCUT2D eigenvalue weighted by Gasteiger charge is 2.30. The molecular formula is C17H28N4O2S. The number of hydrogen-bond acceptors (Lipinski definition) is 6. The third-order valence-electron chi connectivity index (χ3n) is 5.54. The molecule has 2 aliphatic rings. The smallest absolute Gasteiger partial charge is 0.223 e. The fourth-order valence-electron chi connectivity index (χ4n) is 3.67. The van der Waals surface area contributed by atoms with Gasteiger partial charge in [-0.3, -0.25) is 0 Å². The van der Waals surface area contributed by atoms with Gasteiger partial charge >= 0.3 is 0 Å². The minimum absolute atomic E-state index is 0.353. The quantitative estimate of drug-likeness (QED) is 0.895. The van der Waals surface area contributed by atoms with Crippen molar-refractivity contribution in [3.05, 3.63) is 17.0 Å². The molecule has 0 atom stereocenters. The molecule has 0 spiro atoms. The Morgan fingerprint density at radius 2 is 1.50 bits per heavy atom. The minimum Gasteiger partial charge on any atom is -0.351 e. The van der Waals surface area contributed by atoms with Crippen molar-refractivity contribution in [2.75, 3.05) is 29.9 Å². The summed E-state index contributed by atoms with van der Waals surface area (Å²) in [5, 5.41) is 3.48. The highest BCUT2D eigenvalue weighted by molar-refractivity contribution is 7.91. The molecule has 3 heterocycles. The molecule has 6 nitrogen and oxygen atoms in total. The minimum atomic E-state index is -2.77. The number of sulfone groups is 1. The second kappa shape index (κ2) is 6.96. The van der Waals surface area contributed by atoms with Crippen LogP contribution in [0.3, 0.4) is 0 Å². The van der Waals surface area contributed by atoms with Crippen LogP contribution in [0.5, 0.6) is 0 Å². The van der Waals surface area contributed by atoms with E-state index in [0.717, 1.165) is 61.7 Å². The first-order valence-electron chi connectivity index (χ1n) is 8.87. The van der Waals surface area contributed by atoms with E-state index in [2.05, 4.69) is 27.1 Å². The highest BCUT2D eigenvalue weighted by Crippen LogP contribution is 2.23. The molecule has 134 valence electrons. The van der Waals surface area contributed by atoms with Gasteiger partial charge < -0.3 is 10.2 Å². The fraction of sp³-hybridized carbons (Fsp3) is 0.765. The van der Waals surface area contributed by atoms with Crippen LogP contribution in [0.4, 0.5) is 5.95 Å². The van der Waals surface area contributed by atoms with E-state index < -0.39 is 9.84 Å². The summed E-state index contributed by atoms with van der Waals surface area (Å²) >= 11 is 0. The van der Waals surface area contributed by atoms with Crippen molar-refractivity contribution in [3.63, 3.8) is 0 Å². The SMILES string of the molecule is Cc1nc(NC2CCN(C3CCS(=O)(=O)CC3)CC2)nc(C)c1C. The molecule has 0 aliphatic carbocycles. The van der Waals surface area contributed by atoms with Gasteiger partial charge in [-0.1, -0.05) is 0 Å². The largest absolute Gasteiger partial charge is 0.351 e. The number of rotatable bonds is 3. The molecule has 2 fully saturated rings. The number of likely N-dealkylation sites (tertiary alicyclic amines) is 1. The lowest BCUT2D eigenvalue weighted by atomic mass is 10.0. The summed E-state index contributed by atoms with van der Waals surface area (Å²) in [6.45, 7) is 8.14. The first kappa shape index (κ1) is 17.6. The average Bonchev–Trinajstić information content (AvgIpc) is 2.53. The van der Waals surface area contributed by atoms with E-state index in [0.29, 0.717) is 23.6 Å². The van der Waals surface area contributed by atoms with Crippen LogP contribution >= 0.6 is 0 Å². The van der Waals surface area contributed by atoms with Gasteiger partial charge in [-0.05, 0) is 52.0 Å². The second-order valence-electron chi connectivity index (χ2n) is 7.18. The van der Waals surface area contributed by atoms with E-state index in [9.17, 15) is 8.42 Å². The fourth-order valence-corrected chi connectivity index (χ4v) is 5.14. The third-order valence-corrected chi connectivity index (χ3v) is 7.25. The summed E-state index contributed by atoms with van der Waals surface area (Å²) in [6, 6.07) is 0.838. The van der Waals surface area contributed by atoms with E-state index >= 15 is 0 Å². The zero-order valence-electron chi connectivity index (χ0n) is 14.9. The molecule has 0 saturated carbocycles. The Bertz CT molecular complexity index is 660. The van der Waals surface area contributed by atoms with Crippen molar-refractivity contribution in [3.8, 4) is 0 Å². The summed E-state index contributed by atoms with van der Waals surface area (Å²) in [4.78, 5) is 11.6. The maximum absolute atomic E-state index is 11.6. The molecule has 1 aromatic rings. The van der Waals surface area contributed by atoms with Crippen molar-refractivity contribution in [1.82, 2.24) is 14.9 Å². The van der Waals surface area contributed by atoms with Gasteiger partial charge in [0.25, 0.3) is 0 Å². The topological polar surface area (TPSA) is 75.2 Å². The molecule has 2 saturated heterocycles. The first-order chi connectivity index (χ1) is 11.3. The average molecular weight is 353 g/mol. The normalized spacial score (nSPS) is 23.3. The van der Waals surface area contributed by atoms with Gasteiger partial charge in [0.05, 0.1) is 11.5 Å². The Morgan fingerprint density at radius 3 is 2.04 bits per heavy atom. The van der Waals surface area contributed by atoms with Gasteiger partial charge in [0.15, 0.2) is 0 Å². The van der Waals surface area contributed by atoms with Gasteiger partial charge in [-0.15, -0.1) is 0 Å². The predicted octanol–water partition coefficient (Wildman–Crippen LogP) is 1.86. The number of nitrogens with zero attached hydrogens (tertiary/aromatic N) is 3. The zero-order valence-corrected chi connectivity index (χ0v) is 15.7. The molecule has 0 bridgehead atoms. The van der Waals surface area contributed by atoms with E-state index in [1.54, 1.807) is 0 Å². The van der Waals surface area contributed by atoms with Crippen LogP contribution in [0.2, 0.25) is 0 Å². The maximum Gasteiger partial charge on any atom is 0.223 e. The van der Waals surface area contributed by atoms with Crippen LogP contribution < -0.4 is 5.32 Å². The molecule has 2 aliphatic heterocycles. The molecular weight excluding hydrogens is 324 g/mol.